The van der Waals surface area contributed by atoms with E-state index in [1.54, 1.807) is 30.2 Å². The number of nitrogens with one attached hydrogen (secondary N) is 1. The third kappa shape index (κ3) is 3.18. The van der Waals surface area contributed by atoms with E-state index in [-0.39, 0.29) is 24.5 Å². The molecule has 1 amide bonds. The van der Waals surface area contributed by atoms with Crippen molar-refractivity contribution in [3.8, 4) is 0 Å². The lowest BCUT2D eigenvalue weighted by Crippen LogP contribution is -2.37. The molecule has 6 nitrogen and oxygen atoms in total. The van der Waals surface area contributed by atoms with E-state index in [2.05, 4.69) is 4.98 Å². The number of nitrogens with zero attached hydrogens (tertiary/aromatic N) is 1. The van der Waals surface area contributed by atoms with Crippen LogP contribution in [0.4, 0.5) is 0 Å². The number of methoxy groups -OCH3 is 1. The zero-order valence-corrected chi connectivity index (χ0v) is 13.3. The van der Waals surface area contributed by atoms with Gasteiger partial charge in [0.1, 0.15) is 5.69 Å². The molecule has 1 fully saturated rings. The summed E-state index contributed by atoms with van der Waals surface area (Å²) in [6.07, 6.45) is 0.306. The van der Waals surface area contributed by atoms with Crippen molar-refractivity contribution in [2.24, 2.45) is 0 Å². The van der Waals surface area contributed by atoms with Gasteiger partial charge in [-0.2, -0.15) is 0 Å². The fourth-order valence-electron chi connectivity index (χ4n) is 3.06. The highest BCUT2D eigenvalue weighted by atomic mass is 35.5. The summed E-state index contributed by atoms with van der Waals surface area (Å²) >= 11 is 5.96. The standard InChI is InChI=1S/C16H17ClN2O4/c1-23-12-6-11(7-15(20)21)19(8-12)16(22)14-4-9-2-3-10(17)5-13(9)18-14/h2-5,11-12,18H,6-8H2,1H3,(H,20,21). The van der Waals surface area contributed by atoms with E-state index in [0.29, 0.717) is 23.7 Å². The second-order valence-electron chi connectivity index (χ2n) is 5.72. The molecule has 1 aliphatic heterocycles. The lowest BCUT2D eigenvalue weighted by molar-refractivity contribution is -0.138. The van der Waals surface area contributed by atoms with Crippen molar-refractivity contribution in [1.29, 1.82) is 0 Å². The molecule has 2 atom stereocenters. The summed E-state index contributed by atoms with van der Waals surface area (Å²) in [5, 5.41) is 10.5. The molecular weight excluding hydrogens is 320 g/mol. The molecule has 1 aliphatic rings. The van der Waals surface area contributed by atoms with Gasteiger partial charge in [-0.25, -0.2) is 0 Å². The number of hydrogen-bond donors (Lipinski definition) is 2. The van der Waals surface area contributed by atoms with Gasteiger partial charge in [-0.3, -0.25) is 9.59 Å². The van der Waals surface area contributed by atoms with Gasteiger partial charge in [0.25, 0.3) is 5.91 Å². The van der Waals surface area contributed by atoms with Gasteiger partial charge in [0.15, 0.2) is 0 Å². The average molecular weight is 337 g/mol. The Morgan fingerprint density at radius 2 is 2.22 bits per heavy atom. The van der Waals surface area contributed by atoms with Crippen LogP contribution in [0.25, 0.3) is 10.9 Å². The highest BCUT2D eigenvalue weighted by Gasteiger charge is 2.37. The lowest BCUT2D eigenvalue weighted by atomic mass is 10.1. The monoisotopic (exact) mass is 336 g/mol. The maximum absolute atomic E-state index is 12.8. The molecule has 2 aromatic rings. The molecule has 7 heteroatoms. The Hall–Kier alpha value is -2.05. The topological polar surface area (TPSA) is 82.6 Å². The van der Waals surface area contributed by atoms with Crippen LogP contribution in [0.15, 0.2) is 24.3 Å². The van der Waals surface area contributed by atoms with Gasteiger partial charge in [0.2, 0.25) is 0 Å². The number of carbonyl (C=O) groups excluding carboxylic acids is 1. The lowest BCUT2D eigenvalue weighted by Gasteiger charge is -2.22. The van der Waals surface area contributed by atoms with E-state index in [1.807, 2.05) is 6.07 Å². The third-order valence-corrected chi connectivity index (χ3v) is 4.43. The minimum absolute atomic E-state index is 0.0857. The van der Waals surface area contributed by atoms with Crippen LogP contribution >= 0.6 is 11.6 Å². The van der Waals surface area contributed by atoms with Crippen molar-refractivity contribution < 1.29 is 19.4 Å². The first-order valence-corrected chi connectivity index (χ1v) is 7.69. The molecule has 0 radical (unpaired) electrons. The molecule has 1 saturated heterocycles. The van der Waals surface area contributed by atoms with Crippen LogP contribution in [-0.2, 0) is 9.53 Å². The van der Waals surface area contributed by atoms with Crippen LogP contribution < -0.4 is 0 Å². The van der Waals surface area contributed by atoms with Gasteiger partial charge in [0, 0.05) is 35.6 Å². The SMILES string of the molecule is COC1CC(CC(=O)O)N(C(=O)c2cc3ccc(Cl)cc3[nH]2)C1. The maximum atomic E-state index is 12.8. The summed E-state index contributed by atoms with van der Waals surface area (Å²) in [5.74, 6) is -1.14. The van der Waals surface area contributed by atoms with Crippen molar-refractivity contribution >= 4 is 34.4 Å². The molecule has 0 aliphatic carbocycles. The van der Waals surface area contributed by atoms with Gasteiger partial charge < -0.3 is 19.7 Å². The van der Waals surface area contributed by atoms with E-state index in [9.17, 15) is 9.59 Å². The molecule has 2 unspecified atom stereocenters. The number of carbonyl (C=O) groups is 2. The zero-order valence-electron chi connectivity index (χ0n) is 12.6. The quantitative estimate of drug-likeness (QED) is 0.898. The molecule has 3 rings (SSSR count). The van der Waals surface area contributed by atoms with Crippen molar-refractivity contribution in [2.45, 2.75) is 25.0 Å². The number of aliphatic carboxylic acids is 1. The number of H-pyrrole nitrogens is 1. The fraction of sp³-hybridized carbons (Fsp3) is 0.375. The number of benzene rings is 1. The molecular formula is C16H17ClN2O4. The number of hydrogen-bond acceptors (Lipinski definition) is 3. The summed E-state index contributed by atoms with van der Waals surface area (Å²) in [6, 6.07) is 6.74. The van der Waals surface area contributed by atoms with Gasteiger partial charge >= 0.3 is 5.97 Å². The minimum atomic E-state index is -0.923. The molecule has 122 valence electrons. The van der Waals surface area contributed by atoms with Crippen LogP contribution in [0.1, 0.15) is 23.3 Å². The number of carboxylic acid groups (broad SMARTS) is 1. The first-order valence-electron chi connectivity index (χ1n) is 7.31. The van der Waals surface area contributed by atoms with Crippen LogP contribution in [0.2, 0.25) is 5.02 Å². The fourth-order valence-corrected chi connectivity index (χ4v) is 3.23. The van der Waals surface area contributed by atoms with Gasteiger partial charge in [-0.1, -0.05) is 17.7 Å². The summed E-state index contributed by atoms with van der Waals surface area (Å²) in [5.41, 5.74) is 1.20. The number of aromatic amines is 1. The number of halogens is 1. The molecule has 2 N–H and O–H groups in total. The summed E-state index contributed by atoms with van der Waals surface area (Å²) in [7, 11) is 1.57. The first kappa shape index (κ1) is 15.8. The minimum Gasteiger partial charge on any atom is -0.481 e. The number of amides is 1. The number of likely N-dealkylation sites (tertiary alicyclic amines) is 1. The molecule has 1 aromatic carbocycles. The van der Waals surface area contributed by atoms with E-state index < -0.39 is 5.97 Å². The van der Waals surface area contributed by atoms with E-state index in [1.165, 1.54) is 0 Å². The summed E-state index contributed by atoms with van der Waals surface area (Å²) in [6.45, 7) is 0.392. The predicted molar refractivity (Wildman–Crippen MR) is 85.8 cm³/mol. The Morgan fingerprint density at radius 1 is 1.43 bits per heavy atom. The van der Waals surface area contributed by atoms with Crippen molar-refractivity contribution in [2.75, 3.05) is 13.7 Å². The van der Waals surface area contributed by atoms with Crippen molar-refractivity contribution in [3.63, 3.8) is 0 Å². The van der Waals surface area contributed by atoms with Crippen LogP contribution in [0.3, 0.4) is 0 Å². The Bertz CT molecular complexity index is 758. The summed E-state index contributed by atoms with van der Waals surface area (Å²) in [4.78, 5) is 28.4. The average Bonchev–Trinajstić information content (AvgIpc) is 3.09. The predicted octanol–water partition coefficient (Wildman–Crippen LogP) is 2.53. The highest BCUT2D eigenvalue weighted by Crippen LogP contribution is 2.26. The molecule has 0 saturated carbocycles. The second-order valence-corrected chi connectivity index (χ2v) is 6.15. The normalized spacial score (nSPS) is 21.0. The van der Waals surface area contributed by atoms with Crippen LogP contribution in [-0.4, -0.2) is 52.7 Å². The molecule has 0 bridgehead atoms. The van der Waals surface area contributed by atoms with Crippen molar-refractivity contribution in [1.82, 2.24) is 9.88 Å². The third-order valence-electron chi connectivity index (χ3n) is 4.20. The number of rotatable bonds is 4. The number of aromatic nitrogens is 1. The second kappa shape index (κ2) is 6.22. The van der Waals surface area contributed by atoms with Gasteiger partial charge in [0.05, 0.1) is 12.5 Å². The van der Waals surface area contributed by atoms with Crippen molar-refractivity contribution in [3.05, 3.63) is 35.0 Å². The van der Waals surface area contributed by atoms with Gasteiger partial charge in [-0.05, 0) is 24.6 Å². The van der Waals surface area contributed by atoms with E-state index in [4.69, 9.17) is 21.4 Å². The number of ether oxygens (including phenoxy) is 1. The summed E-state index contributed by atoms with van der Waals surface area (Å²) < 4.78 is 5.30. The zero-order chi connectivity index (χ0) is 16.6. The molecule has 23 heavy (non-hydrogen) atoms. The Labute approximate surface area is 138 Å². The largest absolute Gasteiger partial charge is 0.481 e. The van der Waals surface area contributed by atoms with Crippen LogP contribution in [0.5, 0.6) is 0 Å². The number of carboxylic acids is 1. The first-order chi connectivity index (χ1) is 11.0. The Balaban J connectivity index is 1.88. The smallest absolute Gasteiger partial charge is 0.305 e. The molecule has 2 heterocycles. The molecule has 1 aromatic heterocycles. The van der Waals surface area contributed by atoms with Gasteiger partial charge in [-0.15, -0.1) is 0 Å². The van der Waals surface area contributed by atoms with E-state index in [0.717, 1.165) is 10.9 Å². The maximum Gasteiger partial charge on any atom is 0.305 e. The molecule has 0 spiro atoms. The highest BCUT2D eigenvalue weighted by molar-refractivity contribution is 6.31. The van der Waals surface area contributed by atoms with Crippen LogP contribution in [0, 0.1) is 0 Å². The van der Waals surface area contributed by atoms with E-state index >= 15 is 0 Å². The Morgan fingerprint density at radius 3 is 2.91 bits per heavy atom. The Kier molecular flexibility index (Phi) is 4.28. The number of fused-ring (bicyclic) bond motifs is 1.